The molecule has 534 valence electrons. The average molecular weight is 1380 g/mol. The molecule has 1 saturated carbocycles. The monoisotopic (exact) mass is 1380 g/mol. The van der Waals surface area contributed by atoms with Gasteiger partial charge in [0.25, 0.3) is 0 Å². The molecule has 99 heavy (non-hydrogen) atoms. The first-order valence-electron chi connectivity index (χ1n) is 35.7. The number of likely N-dealkylation sites (N-methyl/N-ethyl adjacent to an activating group) is 1. The molecule has 0 bridgehead atoms. The summed E-state index contributed by atoms with van der Waals surface area (Å²) in [5.74, 6) is 2.58. The number of carbonyl (C=O) groups excluding carboxylic acids is 5. The second-order valence-electron chi connectivity index (χ2n) is 27.6. The number of anilines is 10. The van der Waals surface area contributed by atoms with Crippen LogP contribution in [0.1, 0.15) is 92.0 Å². The lowest BCUT2D eigenvalue weighted by atomic mass is 9.91. The van der Waals surface area contributed by atoms with Crippen LogP contribution in [0.25, 0.3) is 0 Å². The Morgan fingerprint density at radius 1 is 0.475 bits per heavy atom. The van der Waals surface area contributed by atoms with Gasteiger partial charge in [-0.05, 0) is 186 Å². The standard InChI is InChI=1S/C17H25N3O.C16H23N3O2.C15H21N3O2.C14H19N3O2.C13H17N3OS/c1-18-13-9-8-12-10-16(17(21)19-15(12)11-13)20(2)14-6-4-3-5-7-14;1-17-12-6-5-11-8-15(16(20)18-14(11)9-12)19-7-3-4-13(19)10-21-2;1-16-11-5-4-10-7-14(15(20)17-13(10)8-11)18-6-2-3-12(18)9-19;1-15-10-3-2-9-6-13(14(19)16-12(9)7-10)17-5-4-11(18)8-17;1-14-10-3-2-9-6-12(16-4-5-18-8-16)13(17)15-11(9)7-10/h8-9,11,14,16,18H,3-7,10H2,1-2H3,(H,19,21);5-6,9,13,15,17H,3-4,7-8,10H2,1-2H3,(H,18,20);4-5,8,12,14,16,19H,2-3,6-7,9H2,1H3,(H,17,20);2-3,7,11,13,15,18H,4-6,8H2,1H3,(H,16,19);2-3,7,12,14H,4-6,8H2,1H3,(H,15,17)/t;13-,15?;12-,14?;11-,13?;/m.001./s1. The van der Waals surface area contributed by atoms with Crippen LogP contribution in [0.4, 0.5) is 56.9 Å². The van der Waals surface area contributed by atoms with Crippen LogP contribution in [0.2, 0.25) is 0 Å². The predicted molar refractivity (Wildman–Crippen MR) is 400 cm³/mol. The summed E-state index contributed by atoms with van der Waals surface area (Å²) in [6.07, 6.45) is 15.0. The van der Waals surface area contributed by atoms with Gasteiger partial charge in [0, 0.05) is 149 Å². The van der Waals surface area contributed by atoms with Crippen LogP contribution in [-0.4, -0.2) is 226 Å². The number of methoxy groups -OCH3 is 1. The van der Waals surface area contributed by atoms with Gasteiger partial charge in [0.05, 0.1) is 49.5 Å². The summed E-state index contributed by atoms with van der Waals surface area (Å²) >= 11 is 1.90. The highest BCUT2D eigenvalue weighted by Gasteiger charge is 2.41. The van der Waals surface area contributed by atoms with Crippen molar-refractivity contribution in [2.45, 2.75) is 151 Å². The van der Waals surface area contributed by atoms with E-state index in [-0.39, 0.29) is 78.5 Å². The Labute approximate surface area is 588 Å². The van der Waals surface area contributed by atoms with Crippen LogP contribution >= 0.6 is 11.8 Å². The number of nitrogens with zero attached hydrogens (tertiary/aromatic N) is 5. The lowest BCUT2D eigenvalue weighted by Gasteiger charge is -2.38. The number of fused-ring (bicyclic) bond motifs is 5. The first kappa shape index (κ1) is 72.7. The summed E-state index contributed by atoms with van der Waals surface area (Å²) < 4.78 is 5.30. The SMILES string of the molecule is CNc1ccc2c(c1)NC(=O)C(N(C)C1CCCCC1)C2.CNc1ccc2c(c1)NC(=O)C(N1CCC[C@H]1CO)C2.CNc1ccc2c(c1)NC(=O)C(N1CCC[C@H]1COC)C2.CNc1ccc2c(c1)NC(=O)C(N1CCSC1)C2.CNc1ccc2c(c1)NC(=O)C(N1CC[C@@H](O)C1)C2. The summed E-state index contributed by atoms with van der Waals surface area (Å²) in [5, 5.41) is 49.7. The summed E-state index contributed by atoms with van der Waals surface area (Å²) in [6, 6.07) is 31.3. The molecule has 5 fully saturated rings. The quantitative estimate of drug-likeness (QED) is 0.0504. The highest BCUT2D eigenvalue weighted by Crippen LogP contribution is 2.36. The summed E-state index contributed by atoms with van der Waals surface area (Å²) in [6.45, 7) is 5.13. The van der Waals surface area contributed by atoms with Crippen LogP contribution < -0.4 is 53.2 Å². The number of benzene rings is 5. The zero-order chi connectivity index (χ0) is 69.7. The molecule has 12 N–H and O–H groups in total. The third-order valence-electron chi connectivity index (χ3n) is 21.6. The summed E-state index contributed by atoms with van der Waals surface area (Å²) in [7, 11) is 13.2. The normalized spacial score (nSPS) is 25.0. The zero-order valence-corrected chi connectivity index (χ0v) is 59.6. The summed E-state index contributed by atoms with van der Waals surface area (Å²) in [4.78, 5) is 72.8. The van der Waals surface area contributed by atoms with E-state index in [1.165, 1.54) is 48.8 Å². The topological polar surface area (TPSA) is 272 Å². The van der Waals surface area contributed by atoms with Crippen molar-refractivity contribution in [1.29, 1.82) is 0 Å². The second-order valence-corrected chi connectivity index (χ2v) is 28.7. The molecule has 5 aromatic rings. The van der Waals surface area contributed by atoms with Gasteiger partial charge in [-0.2, -0.15) is 0 Å². The molecule has 10 aliphatic rings. The van der Waals surface area contributed by atoms with E-state index in [0.29, 0.717) is 25.2 Å². The highest BCUT2D eigenvalue weighted by molar-refractivity contribution is 7.99. The van der Waals surface area contributed by atoms with Gasteiger partial charge in [-0.1, -0.05) is 49.6 Å². The Balaban J connectivity index is 0.000000125. The fourth-order valence-corrected chi connectivity index (χ4v) is 16.8. The maximum absolute atomic E-state index is 12.5. The molecule has 24 heteroatoms. The van der Waals surface area contributed by atoms with Crippen LogP contribution in [0.3, 0.4) is 0 Å². The first-order chi connectivity index (χ1) is 48.1. The Morgan fingerprint density at radius 2 is 0.869 bits per heavy atom. The number of rotatable bonds is 14. The van der Waals surface area contributed by atoms with E-state index in [4.69, 9.17) is 4.74 Å². The third kappa shape index (κ3) is 17.6. The van der Waals surface area contributed by atoms with E-state index < -0.39 is 0 Å². The minimum Gasteiger partial charge on any atom is -0.395 e. The van der Waals surface area contributed by atoms with E-state index in [1.807, 2.05) is 89.5 Å². The van der Waals surface area contributed by atoms with Crippen molar-refractivity contribution in [1.82, 2.24) is 24.5 Å². The highest BCUT2D eigenvalue weighted by atomic mass is 32.2. The average Bonchev–Trinajstić information content (AvgIpc) is 1.76. The Hall–Kier alpha value is -7.52. The molecule has 0 spiro atoms. The number of hydrogen-bond acceptors (Lipinski definition) is 19. The van der Waals surface area contributed by atoms with Gasteiger partial charge in [0.1, 0.15) is 0 Å². The van der Waals surface area contributed by atoms with E-state index in [2.05, 4.69) is 133 Å². The van der Waals surface area contributed by atoms with Crippen LogP contribution in [0.5, 0.6) is 0 Å². The Kier molecular flexibility index (Phi) is 25.1. The molecule has 5 unspecified atom stereocenters. The predicted octanol–water partition coefficient (Wildman–Crippen LogP) is 7.86. The molecule has 0 radical (unpaired) electrons. The molecule has 1 aliphatic carbocycles. The van der Waals surface area contributed by atoms with Gasteiger partial charge in [0.2, 0.25) is 29.5 Å². The lowest BCUT2D eigenvalue weighted by molar-refractivity contribution is -0.123. The first-order valence-corrected chi connectivity index (χ1v) is 36.9. The maximum atomic E-state index is 12.5. The number of likely N-dealkylation sites (tertiary alicyclic amines) is 3. The molecule has 15 rings (SSSR count). The Bertz CT molecular complexity index is 3630. The van der Waals surface area contributed by atoms with Gasteiger partial charge < -0.3 is 68.1 Å². The second kappa shape index (κ2) is 34.2. The fraction of sp³-hybridized carbons (Fsp3) is 0.533. The van der Waals surface area contributed by atoms with Crippen molar-refractivity contribution in [2.75, 3.05) is 160 Å². The Morgan fingerprint density at radius 3 is 1.26 bits per heavy atom. The molecule has 9 aliphatic heterocycles. The van der Waals surface area contributed by atoms with Gasteiger partial charge in [-0.15, -0.1) is 11.8 Å². The third-order valence-corrected chi connectivity index (χ3v) is 22.6. The molecule has 5 amide bonds. The number of amides is 5. The van der Waals surface area contributed by atoms with Crippen LogP contribution in [0.15, 0.2) is 91.0 Å². The zero-order valence-electron chi connectivity index (χ0n) is 58.8. The van der Waals surface area contributed by atoms with Gasteiger partial charge >= 0.3 is 0 Å². The van der Waals surface area contributed by atoms with Gasteiger partial charge in [-0.25, -0.2) is 0 Å². The number of nitrogens with one attached hydrogen (secondary N) is 10. The molecule has 0 aromatic heterocycles. The van der Waals surface area contributed by atoms with E-state index in [0.717, 1.165) is 170 Å². The minimum atomic E-state index is -0.291. The van der Waals surface area contributed by atoms with E-state index in [1.54, 1.807) is 7.11 Å². The number of β-amino-alcohol motifs (C(OH)–C–C–N with tert-alkyl or cyclic N) is 1. The number of thioether (sulfide) groups is 1. The van der Waals surface area contributed by atoms with Crippen molar-refractivity contribution in [2.24, 2.45) is 0 Å². The molecular formula is C75H105N15O8S. The molecule has 23 nitrogen and oxygen atoms in total. The van der Waals surface area contributed by atoms with E-state index >= 15 is 0 Å². The largest absolute Gasteiger partial charge is 0.395 e. The molecule has 9 heterocycles. The van der Waals surface area contributed by atoms with Crippen molar-refractivity contribution in [3.63, 3.8) is 0 Å². The number of carbonyl (C=O) groups is 5. The minimum absolute atomic E-state index is 0.00735. The molecule has 5 aromatic carbocycles. The van der Waals surface area contributed by atoms with Crippen molar-refractivity contribution in [3.05, 3.63) is 119 Å². The molecule has 4 saturated heterocycles. The van der Waals surface area contributed by atoms with Crippen molar-refractivity contribution >= 4 is 98.2 Å². The van der Waals surface area contributed by atoms with Crippen LogP contribution in [-0.2, 0) is 60.8 Å². The smallest absolute Gasteiger partial charge is 0.242 e. The number of hydrogen-bond donors (Lipinski definition) is 12. The van der Waals surface area contributed by atoms with Gasteiger partial charge in [-0.3, -0.25) is 48.5 Å². The van der Waals surface area contributed by atoms with E-state index in [9.17, 15) is 34.2 Å². The fourth-order valence-electron chi connectivity index (χ4n) is 15.7. The van der Waals surface area contributed by atoms with Gasteiger partial charge in [0.15, 0.2) is 0 Å². The summed E-state index contributed by atoms with van der Waals surface area (Å²) in [5.41, 5.74) is 15.7. The van der Waals surface area contributed by atoms with Crippen molar-refractivity contribution in [3.8, 4) is 0 Å². The number of aliphatic hydroxyl groups excluding tert-OH is 2. The maximum Gasteiger partial charge on any atom is 0.242 e. The lowest BCUT2D eigenvalue weighted by Crippen LogP contribution is -2.50. The number of aliphatic hydroxyl groups is 2. The molecule has 8 atom stereocenters. The molecular weight excluding hydrogens is 1270 g/mol. The van der Waals surface area contributed by atoms with Crippen LogP contribution in [0, 0.1) is 0 Å². The van der Waals surface area contributed by atoms with Crippen molar-refractivity contribution < 1.29 is 38.9 Å². The number of ether oxygens (including phenoxy) is 1.